The van der Waals surface area contributed by atoms with E-state index in [2.05, 4.69) is 0 Å². The number of aryl methyl sites for hydroxylation is 1. The lowest BCUT2D eigenvalue weighted by molar-refractivity contribution is -0.203. The molecule has 8 heteroatoms. The third-order valence-corrected chi connectivity index (χ3v) is 2.96. The molecule has 0 spiro atoms. The number of carbonyl (C=O) groups is 2. The largest absolute Gasteiger partial charge is 0.479 e. The van der Waals surface area contributed by atoms with Gasteiger partial charge in [-0.2, -0.15) is 13.2 Å². The third kappa shape index (κ3) is 2.56. The lowest BCUT2D eigenvalue weighted by atomic mass is 10.0. The Kier molecular flexibility index (Phi) is 3.65. The fourth-order valence-corrected chi connectivity index (χ4v) is 1.38. The summed E-state index contributed by atoms with van der Waals surface area (Å²) in [6.45, 7) is 2.07. The number of aliphatic carboxylic acids is 1. The summed E-state index contributed by atoms with van der Waals surface area (Å²) in [5, 5.41) is 10.2. The van der Waals surface area contributed by atoms with E-state index in [4.69, 9.17) is 5.11 Å². The van der Waals surface area contributed by atoms with Gasteiger partial charge in [-0.1, -0.05) is 0 Å². The van der Waals surface area contributed by atoms with Crippen LogP contribution in [0.2, 0.25) is 0 Å². The smallest absolute Gasteiger partial charge is 0.422 e. The van der Waals surface area contributed by atoms with Gasteiger partial charge in [-0.05, 0) is 26.0 Å². The zero-order valence-corrected chi connectivity index (χ0v) is 10.5. The molecule has 19 heavy (non-hydrogen) atoms. The molecular weight excluding hydrogens is 265 g/mol. The summed E-state index contributed by atoms with van der Waals surface area (Å²) >= 11 is 0. The lowest BCUT2D eigenvalue weighted by Gasteiger charge is -2.28. The van der Waals surface area contributed by atoms with Crippen molar-refractivity contribution in [3.63, 3.8) is 0 Å². The van der Waals surface area contributed by atoms with Crippen LogP contribution in [0.25, 0.3) is 0 Å². The molecule has 5 nitrogen and oxygen atoms in total. The second-order valence-corrected chi connectivity index (χ2v) is 4.30. The second kappa shape index (κ2) is 4.60. The van der Waals surface area contributed by atoms with Crippen LogP contribution in [0.15, 0.2) is 12.1 Å². The number of halogens is 3. The van der Waals surface area contributed by atoms with Crippen molar-refractivity contribution in [3.8, 4) is 0 Å². The van der Waals surface area contributed by atoms with Crippen molar-refractivity contribution in [2.45, 2.75) is 25.6 Å². The Bertz CT molecular complexity index is 522. The molecule has 0 saturated carbocycles. The van der Waals surface area contributed by atoms with E-state index >= 15 is 0 Å². The summed E-state index contributed by atoms with van der Waals surface area (Å²) in [7, 11) is 1.50. The summed E-state index contributed by atoms with van der Waals surface area (Å²) in [6.07, 6.45) is -5.10. The molecule has 0 aliphatic heterocycles. The fourth-order valence-electron chi connectivity index (χ4n) is 1.38. The third-order valence-electron chi connectivity index (χ3n) is 2.96. The van der Waals surface area contributed by atoms with Gasteiger partial charge in [0.15, 0.2) is 0 Å². The highest BCUT2D eigenvalue weighted by atomic mass is 19.4. The summed E-state index contributed by atoms with van der Waals surface area (Å²) in [4.78, 5) is 22.5. The van der Waals surface area contributed by atoms with Crippen molar-refractivity contribution >= 4 is 11.9 Å². The average molecular weight is 278 g/mol. The van der Waals surface area contributed by atoms with Crippen molar-refractivity contribution in [1.82, 2.24) is 9.88 Å². The standard InChI is InChI=1S/C11H13F3N2O3/c1-6-4-5-7(16(6)3)8(17)15-10(2,9(18)19)11(12,13)14/h4-5H,1-3H3,(H,15,17)(H,18,19). The van der Waals surface area contributed by atoms with E-state index in [1.165, 1.54) is 23.0 Å². The molecule has 0 aliphatic carbocycles. The SMILES string of the molecule is Cc1ccc(C(=O)NC(C)(C(=O)O)C(F)(F)F)n1C. The Hall–Kier alpha value is -1.99. The zero-order chi connectivity index (χ0) is 15.0. The summed E-state index contributed by atoms with van der Waals surface area (Å²) < 4.78 is 39.6. The van der Waals surface area contributed by atoms with Crippen LogP contribution in [-0.4, -0.2) is 33.3 Å². The molecule has 0 aromatic carbocycles. The van der Waals surface area contributed by atoms with E-state index < -0.39 is 23.6 Å². The molecule has 1 atom stereocenters. The van der Waals surface area contributed by atoms with Crippen LogP contribution in [0.1, 0.15) is 23.1 Å². The minimum Gasteiger partial charge on any atom is -0.479 e. The molecule has 1 aromatic heterocycles. The van der Waals surface area contributed by atoms with E-state index in [9.17, 15) is 22.8 Å². The summed E-state index contributed by atoms with van der Waals surface area (Å²) in [6, 6.07) is 2.87. The number of carboxylic acids is 1. The number of nitrogens with one attached hydrogen (secondary N) is 1. The Morgan fingerprint density at radius 3 is 2.16 bits per heavy atom. The number of carbonyl (C=O) groups excluding carboxylic acids is 1. The van der Waals surface area contributed by atoms with E-state index in [0.29, 0.717) is 12.6 Å². The van der Waals surface area contributed by atoms with Gasteiger partial charge in [0.2, 0.25) is 5.54 Å². The van der Waals surface area contributed by atoms with Gasteiger partial charge in [-0.3, -0.25) is 4.79 Å². The van der Waals surface area contributed by atoms with E-state index in [0.717, 1.165) is 0 Å². The van der Waals surface area contributed by atoms with Crippen LogP contribution in [0, 0.1) is 6.92 Å². The molecule has 1 amide bonds. The van der Waals surface area contributed by atoms with Gasteiger partial charge in [-0.15, -0.1) is 0 Å². The van der Waals surface area contributed by atoms with Gasteiger partial charge in [0.25, 0.3) is 5.91 Å². The topological polar surface area (TPSA) is 71.3 Å². The van der Waals surface area contributed by atoms with Crippen molar-refractivity contribution < 1.29 is 27.9 Å². The van der Waals surface area contributed by atoms with Gasteiger partial charge in [0.05, 0.1) is 0 Å². The average Bonchev–Trinajstić information content (AvgIpc) is 2.57. The summed E-state index contributed by atoms with van der Waals surface area (Å²) in [5.74, 6) is -3.27. The van der Waals surface area contributed by atoms with Gasteiger partial charge in [0.1, 0.15) is 5.69 Å². The molecule has 0 fully saturated rings. The van der Waals surface area contributed by atoms with Crippen LogP contribution in [-0.2, 0) is 11.8 Å². The van der Waals surface area contributed by atoms with Crippen molar-refractivity contribution in [1.29, 1.82) is 0 Å². The second-order valence-electron chi connectivity index (χ2n) is 4.30. The Morgan fingerprint density at radius 1 is 1.32 bits per heavy atom. The first kappa shape index (κ1) is 15.1. The molecule has 106 valence electrons. The first-order valence-corrected chi connectivity index (χ1v) is 5.25. The number of nitrogens with zero attached hydrogens (tertiary/aromatic N) is 1. The molecule has 0 saturated heterocycles. The van der Waals surface area contributed by atoms with Gasteiger partial charge >= 0.3 is 12.1 Å². The maximum atomic E-state index is 12.7. The maximum absolute atomic E-state index is 12.7. The number of aromatic nitrogens is 1. The normalized spacial score (nSPS) is 14.8. The molecule has 0 radical (unpaired) electrons. The minimum absolute atomic E-state index is 0.0470. The summed E-state index contributed by atoms with van der Waals surface area (Å²) in [5.41, 5.74) is -2.72. The fraction of sp³-hybridized carbons (Fsp3) is 0.455. The number of alkyl halides is 3. The van der Waals surface area contributed by atoms with Crippen molar-refractivity contribution in [2.24, 2.45) is 7.05 Å². The highest BCUT2D eigenvalue weighted by Gasteiger charge is 2.58. The molecule has 1 aromatic rings. The number of hydrogen-bond acceptors (Lipinski definition) is 2. The Balaban J connectivity index is 3.09. The minimum atomic E-state index is -5.10. The molecule has 1 unspecified atom stereocenters. The number of carboxylic acid groups (broad SMARTS) is 1. The highest BCUT2D eigenvalue weighted by molar-refractivity contribution is 5.97. The Labute approximate surface area is 107 Å². The first-order valence-electron chi connectivity index (χ1n) is 5.25. The van der Waals surface area contributed by atoms with Gasteiger partial charge < -0.3 is 15.0 Å². The van der Waals surface area contributed by atoms with Gasteiger partial charge in [0, 0.05) is 12.7 Å². The van der Waals surface area contributed by atoms with Crippen LogP contribution in [0.5, 0.6) is 0 Å². The Morgan fingerprint density at radius 2 is 1.84 bits per heavy atom. The molecular formula is C11H13F3N2O3. The van der Waals surface area contributed by atoms with Crippen LogP contribution in [0.4, 0.5) is 13.2 Å². The monoisotopic (exact) mass is 278 g/mol. The molecule has 2 N–H and O–H groups in total. The first-order chi connectivity index (χ1) is 8.50. The van der Waals surface area contributed by atoms with Gasteiger partial charge in [-0.25, -0.2) is 4.79 Å². The molecule has 1 heterocycles. The van der Waals surface area contributed by atoms with Crippen molar-refractivity contribution in [2.75, 3.05) is 0 Å². The highest BCUT2D eigenvalue weighted by Crippen LogP contribution is 2.30. The molecule has 0 aliphatic rings. The number of amides is 1. The zero-order valence-electron chi connectivity index (χ0n) is 10.5. The quantitative estimate of drug-likeness (QED) is 0.879. The predicted molar refractivity (Wildman–Crippen MR) is 59.7 cm³/mol. The van der Waals surface area contributed by atoms with Crippen molar-refractivity contribution in [3.05, 3.63) is 23.5 Å². The predicted octanol–water partition coefficient (Wildman–Crippen LogP) is 1.47. The number of rotatable bonds is 3. The van der Waals surface area contributed by atoms with E-state index in [-0.39, 0.29) is 5.69 Å². The van der Waals surface area contributed by atoms with E-state index in [1.807, 2.05) is 0 Å². The molecule has 0 bridgehead atoms. The van der Waals surface area contributed by atoms with E-state index in [1.54, 1.807) is 13.0 Å². The maximum Gasteiger partial charge on any atom is 0.422 e. The molecule has 1 rings (SSSR count). The van der Waals surface area contributed by atoms with Crippen LogP contribution >= 0.6 is 0 Å². The van der Waals surface area contributed by atoms with Crippen LogP contribution < -0.4 is 5.32 Å². The number of hydrogen-bond donors (Lipinski definition) is 2. The van der Waals surface area contributed by atoms with Crippen LogP contribution in [0.3, 0.4) is 0 Å². The lowest BCUT2D eigenvalue weighted by Crippen LogP contribution is -2.62.